The third-order valence-corrected chi connectivity index (χ3v) is 6.02. The van der Waals surface area contributed by atoms with E-state index in [1.807, 2.05) is 0 Å². The van der Waals surface area contributed by atoms with Crippen LogP contribution in [0.4, 0.5) is 0 Å². The highest BCUT2D eigenvalue weighted by Crippen LogP contribution is 2.47. The Bertz CT molecular complexity index is 326. The molecule has 2 heteroatoms. The number of carbonyl (C=O) groups is 1. The van der Waals surface area contributed by atoms with E-state index in [0.29, 0.717) is 17.8 Å². The lowest BCUT2D eigenvalue weighted by molar-refractivity contribution is -0.147. The van der Waals surface area contributed by atoms with Gasteiger partial charge < -0.3 is 5.11 Å². The Balaban J connectivity index is 2.12. The number of hydrogen-bond acceptors (Lipinski definition) is 1. The molecule has 2 aliphatic rings. The van der Waals surface area contributed by atoms with Gasteiger partial charge in [0, 0.05) is 0 Å². The topological polar surface area (TPSA) is 37.3 Å². The molecule has 2 nitrogen and oxygen atoms in total. The number of carboxylic acid groups (broad SMARTS) is 1. The molecule has 0 radical (unpaired) electrons. The molecule has 1 N–H and O–H groups in total. The van der Waals surface area contributed by atoms with Gasteiger partial charge in [-0.3, -0.25) is 4.79 Å². The van der Waals surface area contributed by atoms with Crippen molar-refractivity contribution >= 4 is 5.97 Å². The maximum absolute atomic E-state index is 11.6. The van der Waals surface area contributed by atoms with Crippen molar-refractivity contribution in [3.8, 4) is 0 Å². The van der Waals surface area contributed by atoms with E-state index < -0.39 is 5.97 Å². The Hall–Kier alpha value is -0.530. The maximum atomic E-state index is 11.6. The van der Waals surface area contributed by atoms with Crippen molar-refractivity contribution in [1.82, 2.24) is 0 Å². The van der Waals surface area contributed by atoms with E-state index >= 15 is 0 Å². The summed E-state index contributed by atoms with van der Waals surface area (Å²) in [6.45, 7) is 9.30. The summed E-state index contributed by atoms with van der Waals surface area (Å²) in [6, 6.07) is 0. The smallest absolute Gasteiger partial charge is 0.306 e. The van der Waals surface area contributed by atoms with Crippen LogP contribution in [0.5, 0.6) is 0 Å². The summed E-state index contributed by atoms with van der Waals surface area (Å²) in [6.07, 6.45) is 7.01. The van der Waals surface area contributed by atoms with Gasteiger partial charge in [-0.1, -0.05) is 27.7 Å². The van der Waals surface area contributed by atoms with Gasteiger partial charge in [-0.25, -0.2) is 0 Å². The standard InChI is InChI=1S/C18H32O2/c1-11(2)14-5-6-16(18(19)20)17(10-14)15-8-12(3)7-13(4)9-15/h11-17H,5-10H2,1-4H3,(H,19,20). The Labute approximate surface area is 124 Å². The summed E-state index contributed by atoms with van der Waals surface area (Å²) in [5.74, 6) is 3.45. The maximum Gasteiger partial charge on any atom is 0.306 e. The van der Waals surface area contributed by atoms with Crippen LogP contribution in [0.3, 0.4) is 0 Å². The van der Waals surface area contributed by atoms with Crippen LogP contribution in [0.2, 0.25) is 0 Å². The first-order valence-electron chi connectivity index (χ1n) is 8.61. The van der Waals surface area contributed by atoms with Crippen LogP contribution in [-0.4, -0.2) is 11.1 Å². The molecule has 2 fully saturated rings. The van der Waals surface area contributed by atoms with Crippen molar-refractivity contribution in [2.45, 2.75) is 66.2 Å². The summed E-state index contributed by atoms with van der Waals surface area (Å²) in [5, 5.41) is 9.60. The highest BCUT2D eigenvalue weighted by Gasteiger charge is 2.41. The van der Waals surface area contributed by atoms with Crippen LogP contribution in [-0.2, 0) is 4.79 Å². The Kier molecular flexibility index (Phi) is 5.14. The van der Waals surface area contributed by atoms with Gasteiger partial charge in [0.15, 0.2) is 0 Å². The average Bonchev–Trinajstić information content (AvgIpc) is 2.36. The van der Waals surface area contributed by atoms with E-state index in [-0.39, 0.29) is 5.92 Å². The summed E-state index contributed by atoms with van der Waals surface area (Å²) >= 11 is 0. The average molecular weight is 280 g/mol. The van der Waals surface area contributed by atoms with E-state index in [4.69, 9.17) is 0 Å². The number of aliphatic carboxylic acids is 1. The molecule has 0 aromatic carbocycles. The van der Waals surface area contributed by atoms with Gasteiger partial charge in [-0.15, -0.1) is 0 Å². The second-order valence-electron chi connectivity index (χ2n) is 8.10. The summed E-state index contributed by atoms with van der Waals surface area (Å²) in [5.41, 5.74) is 0. The minimum Gasteiger partial charge on any atom is -0.481 e. The molecule has 0 saturated heterocycles. The zero-order chi connectivity index (χ0) is 14.9. The van der Waals surface area contributed by atoms with Crippen LogP contribution in [0, 0.1) is 41.4 Å². The molecule has 2 rings (SSSR count). The molecule has 0 spiro atoms. The van der Waals surface area contributed by atoms with Gasteiger partial charge in [0.2, 0.25) is 0 Å². The molecule has 2 saturated carbocycles. The van der Waals surface area contributed by atoms with Crippen molar-refractivity contribution in [3.63, 3.8) is 0 Å². The van der Waals surface area contributed by atoms with E-state index in [0.717, 1.165) is 37.0 Å². The lowest BCUT2D eigenvalue weighted by Crippen LogP contribution is -2.39. The lowest BCUT2D eigenvalue weighted by atomic mass is 9.61. The van der Waals surface area contributed by atoms with Crippen LogP contribution in [0.15, 0.2) is 0 Å². The van der Waals surface area contributed by atoms with E-state index in [9.17, 15) is 9.90 Å². The van der Waals surface area contributed by atoms with E-state index in [2.05, 4.69) is 27.7 Å². The predicted octanol–water partition coefficient (Wildman–Crippen LogP) is 4.83. The van der Waals surface area contributed by atoms with Gasteiger partial charge >= 0.3 is 5.97 Å². The predicted molar refractivity (Wildman–Crippen MR) is 82.5 cm³/mol. The molecule has 0 aliphatic heterocycles. The van der Waals surface area contributed by atoms with Gasteiger partial charge in [-0.05, 0) is 74.0 Å². The number of hydrogen-bond donors (Lipinski definition) is 1. The second kappa shape index (κ2) is 6.49. The first-order chi connectivity index (χ1) is 9.38. The molecular weight excluding hydrogens is 248 g/mol. The molecule has 0 bridgehead atoms. The molecule has 2 aliphatic carbocycles. The molecule has 0 aromatic rings. The molecule has 5 unspecified atom stereocenters. The summed E-state index contributed by atoms with van der Waals surface area (Å²) < 4.78 is 0. The monoisotopic (exact) mass is 280 g/mol. The third kappa shape index (κ3) is 3.56. The summed E-state index contributed by atoms with van der Waals surface area (Å²) in [4.78, 5) is 11.6. The van der Waals surface area contributed by atoms with E-state index in [1.165, 1.54) is 19.3 Å². The quantitative estimate of drug-likeness (QED) is 0.803. The van der Waals surface area contributed by atoms with Crippen molar-refractivity contribution in [2.24, 2.45) is 41.4 Å². The van der Waals surface area contributed by atoms with Crippen molar-refractivity contribution in [1.29, 1.82) is 0 Å². The van der Waals surface area contributed by atoms with Gasteiger partial charge in [-0.2, -0.15) is 0 Å². The molecule has 0 amide bonds. The fourth-order valence-corrected chi connectivity index (χ4v) is 5.03. The molecule has 0 heterocycles. The first kappa shape index (κ1) is 15.9. The zero-order valence-electron chi connectivity index (χ0n) is 13.6. The minimum atomic E-state index is -0.539. The van der Waals surface area contributed by atoms with Crippen LogP contribution in [0.1, 0.15) is 66.2 Å². The Morgan fingerprint density at radius 2 is 1.60 bits per heavy atom. The van der Waals surface area contributed by atoms with E-state index in [1.54, 1.807) is 0 Å². The van der Waals surface area contributed by atoms with Crippen LogP contribution >= 0.6 is 0 Å². The number of carboxylic acids is 1. The largest absolute Gasteiger partial charge is 0.481 e. The SMILES string of the molecule is CC1CC(C)CC(C2CC(C(C)C)CCC2C(=O)O)C1. The van der Waals surface area contributed by atoms with Crippen molar-refractivity contribution in [3.05, 3.63) is 0 Å². The van der Waals surface area contributed by atoms with Crippen LogP contribution in [0.25, 0.3) is 0 Å². The number of rotatable bonds is 3. The highest BCUT2D eigenvalue weighted by atomic mass is 16.4. The Morgan fingerprint density at radius 3 is 2.10 bits per heavy atom. The molecule has 20 heavy (non-hydrogen) atoms. The zero-order valence-corrected chi connectivity index (χ0v) is 13.6. The van der Waals surface area contributed by atoms with Gasteiger partial charge in [0.1, 0.15) is 0 Å². The molecule has 5 atom stereocenters. The van der Waals surface area contributed by atoms with Gasteiger partial charge in [0.05, 0.1) is 5.92 Å². The fraction of sp³-hybridized carbons (Fsp3) is 0.944. The second-order valence-corrected chi connectivity index (χ2v) is 8.10. The van der Waals surface area contributed by atoms with Crippen molar-refractivity contribution < 1.29 is 9.90 Å². The highest BCUT2D eigenvalue weighted by molar-refractivity contribution is 5.70. The summed E-state index contributed by atoms with van der Waals surface area (Å²) in [7, 11) is 0. The lowest BCUT2D eigenvalue weighted by Gasteiger charge is -2.44. The third-order valence-electron chi connectivity index (χ3n) is 6.02. The normalized spacial score (nSPS) is 42.6. The Morgan fingerprint density at radius 1 is 1.00 bits per heavy atom. The molecular formula is C18H32O2. The van der Waals surface area contributed by atoms with Crippen LogP contribution < -0.4 is 0 Å². The molecule has 116 valence electrons. The molecule has 0 aromatic heterocycles. The van der Waals surface area contributed by atoms with Crippen molar-refractivity contribution in [2.75, 3.05) is 0 Å². The van der Waals surface area contributed by atoms with Gasteiger partial charge in [0.25, 0.3) is 0 Å². The fourth-order valence-electron chi connectivity index (χ4n) is 5.03. The minimum absolute atomic E-state index is 0.0764. The first-order valence-corrected chi connectivity index (χ1v) is 8.61.